The Morgan fingerprint density at radius 1 is 1.07 bits per heavy atom. The molecule has 0 aliphatic heterocycles. The molecule has 0 aliphatic rings. The Morgan fingerprint density at radius 3 is 2.47 bits per heavy atom. The highest BCUT2D eigenvalue weighted by atomic mass is 79.9. The van der Waals surface area contributed by atoms with Crippen LogP contribution in [-0.4, -0.2) is 17.9 Å². The van der Waals surface area contributed by atoms with Crippen LogP contribution in [0.4, 0.5) is 0 Å². The molecule has 0 N–H and O–H groups in total. The minimum atomic E-state index is -0.0241. The second-order valence-electron chi connectivity index (χ2n) is 3.78. The smallest absolute Gasteiger partial charge is 0.305 e. The lowest BCUT2D eigenvalue weighted by atomic mass is 10.2. The molecule has 0 radical (unpaired) electrons. The van der Waals surface area contributed by atoms with Gasteiger partial charge in [0.25, 0.3) is 0 Å². The van der Waals surface area contributed by atoms with Crippen molar-refractivity contribution in [1.29, 1.82) is 0 Å². The Morgan fingerprint density at radius 2 is 1.80 bits per heavy atom. The van der Waals surface area contributed by atoms with Crippen molar-refractivity contribution in [1.82, 2.24) is 0 Å². The molecule has 3 heteroatoms. The van der Waals surface area contributed by atoms with Crippen LogP contribution >= 0.6 is 15.9 Å². The van der Waals surface area contributed by atoms with Crippen LogP contribution in [-0.2, 0) is 9.53 Å². The van der Waals surface area contributed by atoms with E-state index in [1.165, 1.54) is 12.8 Å². The molecule has 90 valence electrons. The lowest BCUT2D eigenvalue weighted by molar-refractivity contribution is -0.143. The first kappa shape index (κ1) is 14.9. The summed E-state index contributed by atoms with van der Waals surface area (Å²) in [6.07, 6.45) is 8.44. The first-order chi connectivity index (χ1) is 7.31. The molecule has 0 aliphatic carbocycles. The van der Waals surface area contributed by atoms with Gasteiger partial charge in [-0.05, 0) is 19.3 Å². The van der Waals surface area contributed by atoms with Crippen molar-refractivity contribution in [2.24, 2.45) is 0 Å². The molecule has 0 heterocycles. The lowest BCUT2D eigenvalue weighted by Gasteiger charge is -2.04. The highest BCUT2D eigenvalue weighted by Crippen LogP contribution is 2.04. The van der Waals surface area contributed by atoms with E-state index in [0.29, 0.717) is 13.0 Å². The normalized spacial score (nSPS) is 10.3. The summed E-state index contributed by atoms with van der Waals surface area (Å²) in [6, 6.07) is 0. The van der Waals surface area contributed by atoms with Crippen molar-refractivity contribution < 1.29 is 9.53 Å². The Kier molecular flexibility index (Phi) is 12.0. The van der Waals surface area contributed by atoms with E-state index < -0.39 is 0 Å². The number of carbonyl (C=O) groups excluding carboxylic acids is 1. The molecule has 0 unspecified atom stereocenters. The molecule has 0 saturated carbocycles. The Bertz CT molecular complexity index is 149. The zero-order valence-corrected chi connectivity index (χ0v) is 11.4. The van der Waals surface area contributed by atoms with Crippen LogP contribution in [0, 0.1) is 0 Å². The summed E-state index contributed by atoms with van der Waals surface area (Å²) in [5.74, 6) is -0.0241. The van der Waals surface area contributed by atoms with Gasteiger partial charge in [-0.15, -0.1) is 0 Å². The van der Waals surface area contributed by atoms with Gasteiger partial charge in [0.1, 0.15) is 0 Å². The van der Waals surface area contributed by atoms with Crippen molar-refractivity contribution in [2.75, 3.05) is 11.9 Å². The molecule has 0 fully saturated rings. The van der Waals surface area contributed by atoms with Gasteiger partial charge in [-0.25, -0.2) is 0 Å². The minimum absolute atomic E-state index is 0.0241. The van der Waals surface area contributed by atoms with E-state index in [9.17, 15) is 4.79 Å². The first-order valence-corrected chi connectivity index (χ1v) is 7.15. The number of hydrogen-bond donors (Lipinski definition) is 0. The van der Waals surface area contributed by atoms with Crippen LogP contribution in [0.1, 0.15) is 58.3 Å². The number of ether oxygens (including phenoxy) is 1. The van der Waals surface area contributed by atoms with Crippen LogP contribution in [0.5, 0.6) is 0 Å². The van der Waals surface area contributed by atoms with Crippen LogP contribution in [0.15, 0.2) is 0 Å². The number of carbonyl (C=O) groups is 1. The van der Waals surface area contributed by atoms with Crippen LogP contribution in [0.2, 0.25) is 0 Å². The van der Waals surface area contributed by atoms with Gasteiger partial charge >= 0.3 is 5.97 Å². The van der Waals surface area contributed by atoms with Gasteiger partial charge in [0.05, 0.1) is 6.61 Å². The lowest BCUT2D eigenvalue weighted by Crippen LogP contribution is -2.05. The fourth-order valence-electron chi connectivity index (χ4n) is 1.33. The summed E-state index contributed by atoms with van der Waals surface area (Å²) in [5.41, 5.74) is 0. The van der Waals surface area contributed by atoms with E-state index in [4.69, 9.17) is 4.74 Å². The summed E-state index contributed by atoms with van der Waals surface area (Å²) in [5, 5.41) is 1.07. The molecule has 15 heavy (non-hydrogen) atoms. The van der Waals surface area contributed by atoms with Gasteiger partial charge in [-0.3, -0.25) is 4.79 Å². The monoisotopic (exact) mass is 278 g/mol. The van der Waals surface area contributed by atoms with Crippen LogP contribution in [0.3, 0.4) is 0 Å². The second-order valence-corrected chi connectivity index (χ2v) is 4.57. The highest BCUT2D eigenvalue weighted by molar-refractivity contribution is 9.09. The van der Waals surface area contributed by atoms with Gasteiger partial charge in [0.2, 0.25) is 0 Å². The molecular formula is C12H23BrO2. The molecular weight excluding hydrogens is 256 g/mol. The maximum Gasteiger partial charge on any atom is 0.305 e. The number of esters is 1. The average Bonchev–Trinajstić information content (AvgIpc) is 2.23. The quantitative estimate of drug-likeness (QED) is 0.342. The number of halogens is 1. The SMILES string of the molecule is CCCCCC(=O)OCCCCCCBr. The van der Waals surface area contributed by atoms with Gasteiger partial charge in [-0.1, -0.05) is 48.5 Å². The predicted octanol–water partition coefficient (Wildman–Crippen LogP) is 4.07. The summed E-state index contributed by atoms with van der Waals surface area (Å²) < 4.78 is 5.12. The topological polar surface area (TPSA) is 26.3 Å². The Labute approximate surface area is 102 Å². The largest absolute Gasteiger partial charge is 0.466 e. The standard InChI is InChI=1S/C12H23BrO2/c1-2-3-6-9-12(14)15-11-8-5-4-7-10-13/h2-11H2,1H3. The Balaban J connectivity index is 3.10. The molecule has 0 bridgehead atoms. The predicted molar refractivity (Wildman–Crippen MR) is 67.4 cm³/mol. The molecule has 0 rings (SSSR count). The van der Waals surface area contributed by atoms with Crippen molar-refractivity contribution >= 4 is 21.9 Å². The molecule has 0 aromatic rings. The number of rotatable bonds is 10. The first-order valence-electron chi connectivity index (χ1n) is 6.02. The molecule has 0 atom stereocenters. The van der Waals surface area contributed by atoms with Gasteiger partial charge in [0, 0.05) is 11.8 Å². The van der Waals surface area contributed by atoms with E-state index in [2.05, 4.69) is 22.9 Å². The van der Waals surface area contributed by atoms with E-state index in [1.807, 2.05) is 0 Å². The van der Waals surface area contributed by atoms with Crippen LogP contribution in [0.25, 0.3) is 0 Å². The van der Waals surface area contributed by atoms with Crippen molar-refractivity contribution in [3.05, 3.63) is 0 Å². The molecule has 2 nitrogen and oxygen atoms in total. The third-order valence-electron chi connectivity index (χ3n) is 2.28. The molecule has 0 aromatic heterocycles. The molecule has 0 aromatic carbocycles. The summed E-state index contributed by atoms with van der Waals surface area (Å²) in [7, 11) is 0. The zero-order chi connectivity index (χ0) is 11.4. The molecule has 0 saturated heterocycles. The van der Waals surface area contributed by atoms with Crippen molar-refractivity contribution in [3.63, 3.8) is 0 Å². The molecule has 0 amide bonds. The van der Waals surface area contributed by atoms with Crippen molar-refractivity contribution in [2.45, 2.75) is 58.3 Å². The van der Waals surface area contributed by atoms with E-state index in [0.717, 1.165) is 37.4 Å². The van der Waals surface area contributed by atoms with E-state index in [-0.39, 0.29) is 5.97 Å². The van der Waals surface area contributed by atoms with Crippen LogP contribution < -0.4 is 0 Å². The third-order valence-corrected chi connectivity index (χ3v) is 2.84. The highest BCUT2D eigenvalue weighted by Gasteiger charge is 2.01. The summed E-state index contributed by atoms with van der Waals surface area (Å²) in [6.45, 7) is 2.74. The fraction of sp³-hybridized carbons (Fsp3) is 0.917. The van der Waals surface area contributed by atoms with E-state index >= 15 is 0 Å². The molecule has 0 spiro atoms. The summed E-state index contributed by atoms with van der Waals surface area (Å²) >= 11 is 3.39. The maximum absolute atomic E-state index is 11.2. The van der Waals surface area contributed by atoms with Crippen molar-refractivity contribution in [3.8, 4) is 0 Å². The Hall–Kier alpha value is -0.0500. The average molecular weight is 279 g/mol. The third kappa shape index (κ3) is 11.9. The number of alkyl halides is 1. The fourth-order valence-corrected chi connectivity index (χ4v) is 1.72. The summed E-state index contributed by atoms with van der Waals surface area (Å²) in [4.78, 5) is 11.2. The minimum Gasteiger partial charge on any atom is -0.466 e. The second kappa shape index (κ2) is 12.0. The number of unbranched alkanes of at least 4 members (excludes halogenated alkanes) is 5. The van der Waals surface area contributed by atoms with Gasteiger partial charge in [0.15, 0.2) is 0 Å². The van der Waals surface area contributed by atoms with Gasteiger partial charge in [-0.2, -0.15) is 0 Å². The maximum atomic E-state index is 11.2. The number of hydrogen-bond acceptors (Lipinski definition) is 2. The zero-order valence-electron chi connectivity index (χ0n) is 9.77. The van der Waals surface area contributed by atoms with Gasteiger partial charge < -0.3 is 4.74 Å². The van der Waals surface area contributed by atoms with E-state index in [1.54, 1.807) is 0 Å².